The molecule has 238 valence electrons. The highest BCUT2D eigenvalue weighted by molar-refractivity contribution is 6.13. The van der Waals surface area contributed by atoms with Crippen molar-refractivity contribution in [1.29, 1.82) is 0 Å². The molecule has 3 aromatic heterocycles. The molecule has 0 saturated carbocycles. The number of hydrogen-bond acceptors (Lipinski definition) is 0. The van der Waals surface area contributed by atoms with E-state index in [0.717, 1.165) is 33.1 Å². The number of rotatable bonds is 4. The van der Waals surface area contributed by atoms with E-state index in [1.165, 1.54) is 9.13 Å². The van der Waals surface area contributed by atoms with Crippen LogP contribution in [-0.4, -0.2) is 13.7 Å². The minimum Gasteiger partial charge on any atom is -0.309 e. The first kappa shape index (κ1) is 16.7. The molecule has 11 aromatic rings. The van der Waals surface area contributed by atoms with Gasteiger partial charge in [-0.25, -0.2) is 0 Å². The van der Waals surface area contributed by atoms with Crippen LogP contribution in [0.25, 0.3) is 93.6 Å². The van der Waals surface area contributed by atoms with Crippen LogP contribution in [-0.2, 0) is 0 Å². The zero-order chi connectivity index (χ0) is 47.4. The van der Waals surface area contributed by atoms with Crippen molar-refractivity contribution in [2.45, 2.75) is 0 Å². The van der Waals surface area contributed by atoms with Gasteiger partial charge in [-0.3, -0.25) is 0 Å². The normalized spacial score (nSPS) is 16.3. The fourth-order valence-electron chi connectivity index (χ4n) is 7.44. The van der Waals surface area contributed by atoms with Crippen LogP contribution in [0.4, 0.5) is 0 Å². The van der Waals surface area contributed by atoms with E-state index in [4.69, 9.17) is 21.9 Å². The largest absolute Gasteiger partial charge is 0.309 e. The highest BCUT2D eigenvalue weighted by Gasteiger charge is 2.19. The van der Waals surface area contributed by atoms with Crippen molar-refractivity contribution in [2.75, 3.05) is 0 Å². The lowest BCUT2D eigenvalue weighted by atomic mass is 10.0. The molecule has 0 atom stereocenters. The van der Waals surface area contributed by atoms with Gasteiger partial charge in [-0.2, -0.15) is 0 Å². The van der Waals surface area contributed by atoms with E-state index in [1.807, 2.05) is 66.7 Å². The fraction of sp³-hybridized carbons (Fsp3) is 0. The molecule has 0 spiro atoms. The summed E-state index contributed by atoms with van der Waals surface area (Å²) >= 11 is 0. The van der Waals surface area contributed by atoms with Crippen molar-refractivity contribution in [2.24, 2.45) is 0 Å². The Balaban J connectivity index is 1.17. The lowest BCUT2D eigenvalue weighted by molar-refractivity contribution is 1.16. The minimum absolute atomic E-state index is 0.00558. The molecule has 0 N–H and O–H groups in total. The highest BCUT2D eigenvalue weighted by Crippen LogP contribution is 2.40. The van der Waals surface area contributed by atoms with E-state index in [2.05, 4.69) is 4.57 Å². The molecule has 3 heterocycles. The summed E-state index contributed by atoms with van der Waals surface area (Å²) in [5, 5.41) is 1.44. The molecule has 0 aliphatic rings. The SMILES string of the molecule is [2H]c1c([2H])c([2H])c2c(c1[2H])c1c([2H])c([2H])c([2H])c([2H])c1n2-c1cccc(-c2ccccc2-n2c3ccccc3c3cc(-n4c5c([2H])c([2H])c([2H])c([2H])c5c5c([2H])c([2H])c([2H])c([2H])c54)ccc32)c1. The van der Waals surface area contributed by atoms with Crippen LogP contribution in [0, 0.1) is 0 Å². The van der Waals surface area contributed by atoms with Crippen molar-refractivity contribution in [3.63, 3.8) is 0 Å². The third kappa shape index (κ3) is 4.06. The van der Waals surface area contributed by atoms with Crippen molar-refractivity contribution in [1.82, 2.24) is 13.7 Å². The molecule has 3 heteroatoms. The highest BCUT2D eigenvalue weighted by atomic mass is 15.0. The summed E-state index contributed by atoms with van der Waals surface area (Å²) in [6.07, 6.45) is 0. The van der Waals surface area contributed by atoms with Gasteiger partial charge in [0.2, 0.25) is 0 Å². The molecule has 11 rings (SSSR count). The molecule has 0 unspecified atom stereocenters. The molecule has 0 radical (unpaired) electrons. The molecule has 51 heavy (non-hydrogen) atoms. The summed E-state index contributed by atoms with van der Waals surface area (Å²) < 4.78 is 145. The average Bonchev–Trinajstić information content (AvgIpc) is 4.01. The van der Waals surface area contributed by atoms with Crippen LogP contribution < -0.4 is 0 Å². The number of hydrogen-bond donors (Lipinski definition) is 0. The summed E-state index contributed by atoms with van der Waals surface area (Å²) in [4.78, 5) is 0. The third-order valence-corrected chi connectivity index (χ3v) is 9.54. The Bertz CT molecular complexity index is 3920. The number of aromatic nitrogens is 3. The maximum atomic E-state index is 9.03. The third-order valence-electron chi connectivity index (χ3n) is 9.54. The van der Waals surface area contributed by atoms with Crippen LogP contribution in [0.5, 0.6) is 0 Å². The molecular formula is C48H31N3. The van der Waals surface area contributed by atoms with Crippen LogP contribution in [0.15, 0.2) is 188 Å². The molecular weight excluding hydrogens is 619 g/mol. The van der Waals surface area contributed by atoms with Crippen molar-refractivity contribution < 1.29 is 21.9 Å². The standard InChI is InChI=1S/C48H31N3/c1-7-22-42(35(16-1)32-14-13-15-33(30-32)49-43-23-8-2-17-36(43)37-18-3-9-24-44(37)49)51-47-27-12-6-21-40(47)41-31-34(28-29-48(41)51)50-45-25-10-4-19-38(45)39-20-5-11-26-46(39)50/h1-31H/i2D,3D,4D,5D,8D,9D,10D,11D,17D,18D,19D,20D,23D,24D,25D,26D. The molecule has 0 fully saturated rings. The maximum absolute atomic E-state index is 9.03. The van der Waals surface area contributed by atoms with Gasteiger partial charge in [-0.1, -0.05) is 121 Å². The molecule has 0 amide bonds. The summed E-state index contributed by atoms with van der Waals surface area (Å²) in [6.45, 7) is 0. The Morgan fingerprint density at radius 1 is 0.333 bits per heavy atom. The topological polar surface area (TPSA) is 14.8 Å². The van der Waals surface area contributed by atoms with Gasteiger partial charge in [0.15, 0.2) is 0 Å². The molecule has 0 aliphatic heterocycles. The van der Waals surface area contributed by atoms with E-state index in [1.54, 1.807) is 24.3 Å². The fourth-order valence-corrected chi connectivity index (χ4v) is 7.44. The summed E-state index contributed by atoms with van der Waals surface area (Å²) in [5.74, 6) is 0. The summed E-state index contributed by atoms with van der Waals surface area (Å²) in [5.41, 5.74) is 4.46. The van der Waals surface area contributed by atoms with Gasteiger partial charge in [0, 0.05) is 49.3 Å². The number of benzene rings is 8. The Hall–Kier alpha value is -6.84. The second-order valence-corrected chi connectivity index (χ2v) is 12.2. The quantitative estimate of drug-likeness (QED) is 0.178. The minimum atomic E-state index is -0.527. The molecule has 8 aromatic carbocycles. The average molecular weight is 666 g/mol. The molecule has 3 nitrogen and oxygen atoms in total. The lowest BCUT2D eigenvalue weighted by Crippen LogP contribution is -1.99. The summed E-state index contributed by atoms with van der Waals surface area (Å²) in [7, 11) is 0. The van der Waals surface area contributed by atoms with E-state index in [9.17, 15) is 0 Å². The van der Waals surface area contributed by atoms with Crippen molar-refractivity contribution >= 4 is 65.4 Å². The number of fused-ring (bicyclic) bond motifs is 9. The zero-order valence-electron chi connectivity index (χ0n) is 42.5. The van der Waals surface area contributed by atoms with Gasteiger partial charge in [-0.15, -0.1) is 0 Å². The van der Waals surface area contributed by atoms with Gasteiger partial charge in [0.05, 0.1) is 60.7 Å². The number of para-hydroxylation sites is 6. The van der Waals surface area contributed by atoms with E-state index >= 15 is 0 Å². The van der Waals surface area contributed by atoms with Crippen LogP contribution in [0.1, 0.15) is 21.9 Å². The van der Waals surface area contributed by atoms with E-state index in [-0.39, 0.29) is 43.6 Å². The monoisotopic (exact) mass is 665 g/mol. The van der Waals surface area contributed by atoms with Crippen molar-refractivity contribution in [3.05, 3.63) is 188 Å². The van der Waals surface area contributed by atoms with E-state index in [0.29, 0.717) is 16.9 Å². The summed E-state index contributed by atoms with van der Waals surface area (Å²) in [6, 6.07) is 20.4. The lowest BCUT2D eigenvalue weighted by Gasteiger charge is -2.16. The van der Waals surface area contributed by atoms with Crippen LogP contribution >= 0.6 is 0 Å². The Labute approximate surface area is 316 Å². The smallest absolute Gasteiger partial charge is 0.0645 e. The predicted octanol–water partition coefficient (Wildman–Crippen LogP) is 12.6. The molecule has 0 bridgehead atoms. The van der Waals surface area contributed by atoms with Gasteiger partial charge in [-0.05, 0) is 72.2 Å². The van der Waals surface area contributed by atoms with Crippen LogP contribution in [0.2, 0.25) is 0 Å². The second-order valence-electron chi connectivity index (χ2n) is 12.2. The Morgan fingerprint density at radius 2 is 0.843 bits per heavy atom. The second kappa shape index (κ2) is 10.8. The number of nitrogens with zero attached hydrogens (tertiary/aromatic N) is 3. The first-order valence-electron chi connectivity index (χ1n) is 24.2. The van der Waals surface area contributed by atoms with Gasteiger partial charge in [0.1, 0.15) is 0 Å². The Morgan fingerprint density at radius 3 is 1.47 bits per heavy atom. The van der Waals surface area contributed by atoms with E-state index < -0.39 is 96.7 Å². The Kier molecular flexibility index (Phi) is 3.55. The predicted molar refractivity (Wildman–Crippen MR) is 215 cm³/mol. The van der Waals surface area contributed by atoms with Crippen LogP contribution in [0.3, 0.4) is 0 Å². The first-order chi connectivity index (χ1) is 32.0. The molecule has 0 aliphatic carbocycles. The maximum Gasteiger partial charge on any atom is 0.0645 e. The van der Waals surface area contributed by atoms with Gasteiger partial charge in [0.25, 0.3) is 0 Å². The molecule has 0 saturated heterocycles. The zero-order valence-corrected chi connectivity index (χ0v) is 26.5. The van der Waals surface area contributed by atoms with Gasteiger partial charge >= 0.3 is 0 Å². The van der Waals surface area contributed by atoms with Crippen molar-refractivity contribution in [3.8, 4) is 28.2 Å². The van der Waals surface area contributed by atoms with Gasteiger partial charge < -0.3 is 13.7 Å². The first-order valence-corrected chi connectivity index (χ1v) is 16.2.